The highest BCUT2D eigenvalue weighted by molar-refractivity contribution is 8.20. The molecule has 2 aromatic rings. The largest absolute Gasteiger partial charge is 0.416 e. The number of alkyl halides is 3. The topological polar surface area (TPSA) is 65.5 Å². The van der Waals surface area contributed by atoms with E-state index in [2.05, 4.69) is 10.3 Å². The molecule has 1 aromatic heterocycles. The minimum Gasteiger partial charge on any atom is -0.335 e. The van der Waals surface area contributed by atoms with Gasteiger partial charge in [-0.15, -0.1) is 23.5 Å². The average Bonchev–Trinajstić information content (AvgIpc) is 3.55. The van der Waals surface area contributed by atoms with Gasteiger partial charge in [0, 0.05) is 36.4 Å². The third kappa shape index (κ3) is 3.99. The summed E-state index contributed by atoms with van der Waals surface area (Å²) in [7, 11) is 1.20. The van der Waals surface area contributed by atoms with E-state index in [4.69, 9.17) is 11.6 Å². The lowest BCUT2D eigenvalue weighted by Crippen LogP contribution is -2.47. The number of aromatic nitrogens is 1. The molecule has 3 heterocycles. The Morgan fingerprint density at radius 3 is 2.64 bits per heavy atom. The molecule has 0 saturated carbocycles. The number of anilines is 2. The summed E-state index contributed by atoms with van der Waals surface area (Å²) in [4.78, 5) is 32.1. The fourth-order valence-electron chi connectivity index (χ4n) is 4.77. The Morgan fingerprint density at radius 2 is 1.97 bits per heavy atom. The predicted molar refractivity (Wildman–Crippen MR) is 129 cm³/mol. The molecule has 192 valence electrons. The molecule has 5 rings (SSSR count). The fraction of sp³-hybridized carbons (Fsp3) is 0.409. The van der Waals surface area contributed by atoms with Gasteiger partial charge in [0.1, 0.15) is 22.7 Å². The van der Waals surface area contributed by atoms with Crippen molar-refractivity contribution in [3.8, 4) is 0 Å². The van der Waals surface area contributed by atoms with Gasteiger partial charge in [-0.05, 0) is 31.0 Å². The molecule has 1 aromatic carbocycles. The first-order valence-electron chi connectivity index (χ1n) is 10.8. The molecule has 1 aliphatic carbocycles. The van der Waals surface area contributed by atoms with Crippen molar-refractivity contribution in [2.24, 2.45) is 0 Å². The van der Waals surface area contributed by atoms with Crippen LogP contribution in [0.1, 0.15) is 23.2 Å². The van der Waals surface area contributed by atoms with Crippen molar-refractivity contribution in [2.45, 2.75) is 29.1 Å². The molecule has 6 nitrogen and oxygen atoms in total. The van der Waals surface area contributed by atoms with E-state index in [0.29, 0.717) is 12.8 Å². The molecule has 1 spiro atoms. The molecular weight excluding hydrogens is 547 g/mol. The van der Waals surface area contributed by atoms with Crippen LogP contribution in [-0.4, -0.2) is 48.1 Å². The SMILES string of the molecule is CN(C(=O)[C@@H]1CNC(=O)N1c1cc(C(F)(F)F)c2c(n1)CCC21SCCS1)c1ccc(F)c(Cl)c1F. The van der Waals surface area contributed by atoms with Crippen molar-refractivity contribution < 1.29 is 31.5 Å². The Labute approximate surface area is 215 Å². The zero-order valence-electron chi connectivity index (χ0n) is 18.6. The van der Waals surface area contributed by atoms with Gasteiger partial charge in [-0.25, -0.2) is 18.6 Å². The molecule has 0 radical (unpaired) electrons. The lowest BCUT2D eigenvalue weighted by Gasteiger charge is -2.29. The van der Waals surface area contributed by atoms with Gasteiger partial charge in [-0.1, -0.05) is 11.6 Å². The Balaban J connectivity index is 1.55. The van der Waals surface area contributed by atoms with Gasteiger partial charge < -0.3 is 10.2 Å². The molecule has 0 bridgehead atoms. The van der Waals surface area contributed by atoms with E-state index < -0.39 is 50.5 Å². The van der Waals surface area contributed by atoms with Crippen LogP contribution in [0.2, 0.25) is 5.02 Å². The first-order chi connectivity index (χ1) is 16.9. The van der Waals surface area contributed by atoms with E-state index in [9.17, 15) is 31.5 Å². The number of fused-ring (bicyclic) bond motifs is 2. The maximum absolute atomic E-state index is 14.5. The number of aryl methyl sites for hydroxylation is 1. The van der Waals surface area contributed by atoms with Gasteiger partial charge in [0.15, 0.2) is 5.82 Å². The summed E-state index contributed by atoms with van der Waals surface area (Å²) >= 11 is 8.56. The van der Waals surface area contributed by atoms with Crippen LogP contribution in [0.3, 0.4) is 0 Å². The van der Waals surface area contributed by atoms with Crippen molar-refractivity contribution in [2.75, 3.05) is 34.9 Å². The van der Waals surface area contributed by atoms with Crippen molar-refractivity contribution in [1.29, 1.82) is 0 Å². The number of carbonyl (C=O) groups excluding carboxylic acids is 2. The maximum Gasteiger partial charge on any atom is 0.416 e. The zero-order chi connectivity index (χ0) is 26.0. The van der Waals surface area contributed by atoms with Crippen molar-refractivity contribution in [3.05, 3.63) is 51.7 Å². The second kappa shape index (κ2) is 8.95. The number of hydrogen-bond acceptors (Lipinski definition) is 5. The van der Waals surface area contributed by atoms with Crippen LogP contribution >= 0.6 is 35.1 Å². The Kier molecular flexibility index (Phi) is 6.31. The first-order valence-corrected chi connectivity index (χ1v) is 13.2. The smallest absolute Gasteiger partial charge is 0.335 e. The minimum atomic E-state index is -4.71. The summed E-state index contributed by atoms with van der Waals surface area (Å²) in [6.45, 7) is -0.242. The molecular formula is C22H18ClF5N4O2S2. The summed E-state index contributed by atoms with van der Waals surface area (Å²) in [5.74, 6) is -1.87. The number of rotatable bonds is 3. The van der Waals surface area contributed by atoms with Gasteiger partial charge in [0.05, 0.1) is 15.3 Å². The van der Waals surface area contributed by atoms with E-state index in [-0.39, 0.29) is 29.3 Å². The number of urea groups is 1. The van der Waals surface area contributed by atoms with E-state index in [1.54, 1.807) is 0 Å². The number of hydrogen-bond donors (Lipinski definition) is 1. The van der Waals surface area contributed by atoms with Crippen LogP contribution in [-0.2, 0) is 21.5 Å². The minimum absolute atomic E-state index is 0.133. The normalized spacial score (nSPS) is 20.7. The van der Waals surface area contributed by atoms with Crippen molar-refractivity contribution >= 4 is 58.6 Å². The van der Waals surface area contributed by atoms with Gasteiger partial charge in [-0.2, -0.15) is 13.2 Å². The van der Waals surface area contributed by atoms with Gasteiger partial charge in [-0.3, -0.25) is 9.69 Å². The molecule has 2 fully saturated rings. The van der Waals surface area contributed by atoms with Crippen LogP contribution in [0.15, 0.2) is 18.2 Å². The summed E-state index contributed by atoms with van der Waals surface area (Å²) in [5, 5.41) is 1.64. The third-order valence-corrected chi connectivity index (χ3v) is 10.3. The second-order valence-electron chi connectivity index (χ2n) is 8.46. The van der Waals surface area contributed by atoms with Crippen LogP contribution in [0.4, 0.5) is 38.3 Å². The number of halogens is 6. The summed E-state index contributed by atoms with van der Waals surface area (Å²) in [6.07, 6.45) is -3.91. The highest BCUT2D eigenvalue weighted by Crippen LogP contribution is 2.61. The van der Waals surface area contributed by atoms with Crippen molar-refractivity contribution in [1.82, 2.24) is 10.3 Å². The Bertz CT molecular complexity index is 1270. The zero-order valence-corrected chi connectivity index (χ0v) is 21.0. The number of benzene rings is 1. The maximum atomic E-state index is 14.5. The molecule has 2 aliphatic heterocycles. The molecule has 1 N–H and O–H groups in total. The van der Waals surface area contributed by atoms with E-state index in [0.717, 1.165) is 39.5 Å². The number of carbonyl (C=O) groups is 2. The summed E-state index contributed by atoms with van der Waals surface area (Å²) in [6, 6.07) is 0.577. The van der Waals surface area contributed by atoms with Crippen LogP contribution in [0.25, 0.3) is 0 Å². The lowest BCUT2D eigenvalue weighted by atomic mass is 10.1. The molecule has 3 amide bonds. The average molecular weight is 565 g/mol. The van der Waals surface area contributed by atoms with Gasteiger partial charge >= 0.3 is 12.2 Å². The number of nitrogens with zero attached hydrogens (tertiary/aromatic N) is 3. The third-order valence-electron chi connectivity index (χ3n) is 6.43. The van der Waals surface area contributed by atoms with Crippen LogP contribution in [0, 0.1) is 11.6 Å². The second-order valence-corrected chi connectivity index (χ2v) is 11.9. The highest BCUT2D eigenvalue weighted by Gasteiger charge is 2.51. The molecule has 14 heteroatoms. The van der Waals surface area contributed by atoms with Gasteiger partial charge in [0.2, 0.25) is 0 Å². The standard InChI is InChI=1S/C22H18ClF5N4O2S2/c1-31(13-3-2-11(24)17(23)18(13)25)19(33)14-9-29-20(34)32(14)15-8-10(22(26,27)28)16-12(30-15)4-5-21(16)35-6-7-36-21/h2-3,8,14H,4-7,9H2,1H3,(H,29,34)/t14-/m0/s1. The number of amides is 3. The Morgan fingerprint density at radius 1 is 1.28 bits per heavy atom. The predicted octanol–water partition coefficient (Wildman–Crippen LogP) is 5.17. The van der Waals surface area contributed by atoms with E-state index in [1.165, 1.54) is 30.6 Å². The monoisotopic (exact) mass is 564 g/mol. The lowest BCUT2D eigenvalue weighted by molar-refractivity contribution is -0.138. The summed E-state index contributed by atoms with van der Waals surface area (Å²) < 4.78 is 70.1. The van der Waals surface area contributed by atoms with Crippen LogP contribution < -0.4 is 15.1 Å². The summed E-state index contributed by atoms with van der Waals surface area (Å²) in [5.41, 5.74) is -0.843. The quantitative estimate of drug-likeness (QED) is 0.411. The molecule has 36 heavy (non-hydrogen) atoms. The van der Waals surface area contributed by atoms with Crippen LogP contribution in [0.5, 0.6) is 0 Å². The number of pyridine rings is 1. The fourth-order valence-corrected chi connectivity index (χ4v) is 8.32. The number of likely N-dealkylation sites (N-methyl/N-ethyl adjacent to an activating group) is 1. The van der Waals surface area contributed by atoms with E-state index >= 15 is 0 Å². The first kappa shape index (κ1) is 25.4. The van der Waals surface area contributed by atoms with Crippen molar-refractivity contribution in [3.63, 3.8) is 0 Å². The molecule has 0 unspecified atom stereocenters. The Hall–Kier alpha value is -2.25. The van der Waals surface area contributed by atoms with Gasteiger partial charge in [0.25, 0.3) is 5.91 Å². The highest BCUT2D eigenvalue weighted by atomic mass is 35.5. The number of thioether (sulfide) groups is 2. The van der Waals surface area contributed by atoms with E-state index in [1.807, 2.05) is 0 Å². The molecule has 2 saturated heterocycles. The number of nitrogens with one attached hydrogen (secondary N) is 1. The molecule has 1 atom stereocenters. The molecule has 3 aliphatic rings.